The van der Waals surface area contributed by atoms with Gasteiger partial charge < -0.3 is 20.1 Å². The van der Waals surface area contributed by atoms with Crippen molar-refractivity contribution in [3.63, 3.8) is 0 Å². The van der Waals surface area contributed by atoms with Crippen molar-refractivity contribution in [2.45, 2.75) is 20.1 Å². The number of hydrogen-bond donors (Lipinski definition) is 2. The van der Waals surface area contributed by atoms with Crippen molar-refractivity contribution in [3.8, 4) is 11.5 Å². The van der Waals surface area contributed by atoms with E-state index in [4.69, 9.17) is 9.47 Å². The number of carbonyl (C=O) groups is 2. The smallest absolute Gasteiger partial charge is 0.255 e. The predicted octanol–water partition coefficient (Wildman–Crippen LogP) is 4.67. The van der Waals surface area contributed by atoms with Gasteiger partial charge in [-0.3, -0.25) is 14.3 Å². The largest absolute Gasteiger partial charge is 0.497 e. The van der Waals surface area contributed by atoms with Gasteiger partial charge in [-0.2, -0.15) is 5.10 Å². The average molecular weight is 471 g/mol. The minimum atomic E-state index is -0.298. The van der Waals surface area contributed by atoms with Crippen molar-refractivity contribution in [2.75, 3.05) is 17.7 Å². The van der Waals surface area contributed by atoms with Crippen LogP contribution in [0.3, 0.4) is 0 Å². The maximum Gasteiger partial charge on any atom is 0.255 e. The first-order valence-electron chi connectivity index (χ1n) is 11.0. The fourth-order valence-corrected chi connectivity index (χ4v) is 3.44. The van der Waals surface area contributed by atoms with Gasteiger partial charge in [-0.15, -0.1) is 0 Å². The molecule has 0 aliphatic rings. The molecule has 0 radical (unpaired) electrons. The Balaban J connectivity index is 1.31. The summed E-state index contributed by atoms with van der Waals surface area (Å²) in [4.78, 5) is 25.0. The van der Waals surface area contributed by atoms with E-state index in [2.05, 4.69) is 21.8 Å². The zero-order valence-electron chi connectivity index (χ0n) is 19.5. The van der Waals surface area contributed by atoms with Crippen molar-refractivity contribution in [3.05, 3.63) is 102 Å². The molecular formula is C27H26N4O4. The van der Waals surface area contributed by atoms with Crippen LogP contribution >= 0.6 is 0 Å². The maximum atomic E-state index is 12.7. The molecule has 35 heavy (non-hydrogen) atoms. The normalized spacial score (nSPS) is 10.5. The SMILES string of the molecule is COc1ccc(NC(=O)Cn2cc(NC(=O)c3cccc(OCc4cccc(C)c4)c3)cn2)cc1. The van der Waals surface area contributed by atoms with Gasteiger partial charge in [0.1, 0.15) is 24.7 Å². The highest BCUT2D eigenvalue weighted by Gasteiger charge is 2.11. The van der Waals surface area contributed by atoms with Crippen LogP contribution in [0.2, 0.25) is 0 Å². The summed E-state index contributed by atoms with van der Waals surface area (Å²) in [6, 6.07) is 22.1. The molecule has 0 saturated carbocycles. The van der Waals surface area contributed by atoms with Crippen molar-refractivity contribution in [1.82, 2.24) is 9.78 Å². The van der Waals surface area contributed by atoms with Crippen LogP contribution < -0.4 is 20.1 Å². The highest BCUT2D eigenvalue weighted by atomic mass is 16.5. The summed E-state index contributed by atoms with van der Waals surface area (Å²) in [6.07, 6.45) is 3.10. The highest BCUT2D eigenvalue weighted by Crippen LogP contribution is 2.18. The van der Waals surface area contributed by atoms with Crippen molar-refractivity contribution < 1.29 is 19.1 Å². The quantitative estimate of drug-likeness (QED) is 0.371. The number of anilines is 2. The maximum absolute atomic E-state index is 12.7. The highest BCUT2D eigenvalue weighted by molar-refractivity contribution is 6.04. The van der Waals surface area contributed by atoms with Gasteiger partial charge in [0.25, 0.3) is 5.91 Å². The summed E-state index contributed by atoms with van der Waals surface area (Å²) in [5.41, 5.74) is 3.82. The molecule has 2 amide bonds. The van der Waals surface area contributed by atoms with Gasteiger partial charge in [-0.05, 0) is 55.0 Å². The van der Waals surface area contributed by atoms with E-state index < -0.39 is 0 Å². The molecule has 0 spiro atoms. The number of nitrogens with zero attached hydrogens (tertiary/aromatic N) is 2. The predicted molar refractivity (Wildman–Crippen MR) is 134 cm³/mol. The van der Waals surface area contributed by atoms with Gasteiger partial charge in [0, 0.05) is 17.4 Å². The molecule has 8 nitrogen and oxygen atoms in total. The van der Waals surface area contributed by atoms with Crippen LogP contribution in [0, 0.1) is 6.92 Å². The summed E-state index contributed by atoms with van der Waals surface area (Å²) in [5, 5.41) is 9.75. The first kappa shape index (κ1) is 23.6. The van der Waals surface area contributed by atoms with Crippen LogP contribution in [0.4, 0.5) is 11.4 Å². The number of benzene rings is 3. The first-order chi connectivity index (χ1) is 17.0. The van der Waals surface area contributed by atoms with Crippen molar-refractivity contribution >= 4 is 23.2 Å². The molecule has 0 unspecified atom stereocenters. The van der Waals surface area contributed by atoms with Gasteiger partial charge in [-0.1, -0.05) is 35.9 Å². The van der Waals surface area contributed by atoms with E-state index in [0.29, 0.717) is 35.0 Å². The van der Waals surface area contributed by atoms with Gasteiger partial charge in [0.15, 0.2) is 0 Å². The molecule has 0 fully saturated rings. The number of rotatable bonds is 9. The first-order valence-corrected chi connectivity index (χ1v) is 11.0. The average Bonchev–Trinajstić information content (AvgIpc) is 3.29. The minimum absolute atomic E-state index is 0.00415. The van der Waals surface area contributed by atoms with Crippen molar-refractivity contribution in [2.24, 2.45) is 0 Å². The molecule has 8 heteroatoms. The molecule has 1 heterocycles. The Morgan fingerprint density at radius 3 is 2.49 bits per heavy atom. The van der Waals surface area contributed by atoms with Gasteiger partial charge in [-0.25, -0.2) is 0 Å². The fourth-order valence-electron chi connectivity index (χ4n) is 3.44. The Morgan fingerprint density at radius 1 is 0.914 bits per heavy atom. The third-order valence-electron chi connectivity index (χ3n) is 5.15. The summed E-state index contributed by atoms with van der Waals surface area (Å²) >= 11 is 0. The van der Waals surface area contributed by atoms with Gasteiger partial charge >= 0.3 is 0 Å². The van der Waals surface area contributed by atoms with Crippen LogP contribution in [0.25, 0.3) is 0 Å². The van der Waals surface area contributed by atoms with E-state index in [-0.39, 0.29) is 18.4 Å². The molecule has 2 N–H and O–H groups in total. The topological polar surface area (TPSA) is 94.5 Å². The van der Waals surface area contributed by atoms with Crippen LogP contribution in [-0.2, 0) is 17.9 Å². The Labute approximate surface area is 203 Å². The molecule has 178 valence electrons. The second-order valence-corrected chi connectivity index (χ2v) is 7.96. The van der Waals surface area contributed by atoms with Crippen molar-refractivity contribution in [1.29, 1.82) is 0 Å². The van der Waals surface area contributed by atoms with E-state index in [1.807, 2.05) is 31.2 Å². The summed E-state index contributed by atoms with van der Waals surface area (Å²) in [5.74, 6) is 0.770. The Kier molecular flexibility index (Phi) is 7.42. The van der Waals surface area contributed by atoms with Crippen LogP contribution in [0.15, 0.2) is 85.2 Å². The molecule has 0 saturated heterocycles. The van der Waals surface area contributed by atoms with E-state index in [1.165, 1.54) is 10.9 Å². The third-order valence-corrected chi connectivity index (χ3v) is 5.15. The molecule has 0 aliphatic carbocycles. The van der Waals surface area contributed by atoms with Gasteiger partial charge in [0.05, 0.1) is 19.0 Å². The minimum Gasteiger partial charge on any atom is -0.497 e. The Morgan fingerprint density at radius 2 is 1.71 bits per heavy atom. The van der Waals surface area contributed by atoms with E-state index >= 15 is 0 Å². The number of amides is 2. The molecule has 4 rings (SSSR count). The lowest BCUT2D eigenvalue weighted by Gasteiger charge is -2.09. The summed E-state index contributed by atoms with van der Waals surface area (Å²) in [6.45, 7) is 2.45. The lowest BCUT2D eigenvalue weighted by atomic mass is 10.1. The second-order valence-electron chi connectivity index (χ2n) is 7.96. The summed E-state index contributed by atoms with van der Waals surface area (Å²) in [7, 11) is 1.58. The van der Waals surface area contributed by atoms with E-state index in [9.17, 15) is 9.59 Å². The fraction of sp³-hybridized carbons (Fsp3) is 0.148. The second kappa shape index (κ2) is 11.0. The number of hydrogen-bond acceptors (Lipinski definition) is 5. The zero-order chi connectivity index (χ0) is 24.6. The van der Waals surface area contributed by atoms with E-state index in [0.717, 1.165) is 11.1 Å². The summed E-state index contributed by atoms with van der Waals surface area (Å²) < 4.78 is 12.4. The standard InChI is InChI=1S/C27H26N4O4/c1-19-5-3-6-20(13-19)18-35-25-8-4-7-21(14-25)27(33)30-23-15-28-31(16-23)17-26(32)29-22-9-11-24(34-2)12-10-22/h3-16H,17-18H2,1-2H3,(H,29,32)(H,30,33). The van der Waals surface area contributed by atoms with Gasteiger partial charge in [0.2, 0.25) is 5.91 Å². The third kappa shape index (κ3) is 6.70. The lowest BCUT2D eigenvalue weighted by Crippen LogP contribution is -2.19. The molecule has 0 atom stereocenters. The molecule has 4 aromatic rings. The van der Waals surface area contributed by atoms with Crippen LogP contribution in [0.1, 0.15) is 21.5 Å². The molecule has 0 bridgehead atoms. The zero-order valence-corrected chi connectivity index (χ0v) is 19.5. The molecule has 1 aromatic heterocycles. The molecular weight excluding hydrogens is 444 g/mol. The number of methoxy groups -OCH3 is 1. The van der Waals surface area contributed by atoms with Crippen LogP contribution in [0.5, 0.6) is 11.5 Å². The number of ether oxygens (including phenoxy) is 2. The Hall–Kier alpha value is -4.59. The Bertz CT molecular complexity index is 1310. The number of aromatic nitrogens is 2. The molecule has 3 aromatic carbocycles. The van der Waals surface area contributed by atoms with E-state index in [1.54, 1.807) is 55.8 Å². The number of carbonyl (C=O) groups excluding carboxylic acids is 2. The van der Waals surface area contributed by atoms with Crippen LogP contribution in [-0.4, -0.2) is 28.7 Å². The lowest BCUT2D eigenvalue weighted by molar-refractivity contribution is -0.116. The number of aryl methyl sites for hydroxylation is 1. The molecule has 0 aliphatic heterocycles. The number of nitrogens with one attached hydrogen (secondary N) is 2. The monoisotopic (exact) mass is 470 g/mol.